The van der Waals surface area contributed by atoms with Gasteiger partial charge in [0.1, 0.15) is 0 Å². The molecule has 0 atom stereocenters. The van der Waals surface area contributed by atoms with Crippen LogP contribution in [0.25, 0.3) is 0 Å². The van der Waals surface area contributed by atoms with E-state index in [1.807, 2.05) is 0 Å². The van der Waals surface area contributed by atoms with E-state index >= 15 is 0 Å². The van der Waals surface area contributed by atoms with Gasteiger partial charge >= 0.3 is 5.69 Å². The monoisotopic (exact) mass is 281 g/mol. The quantitative estimate of drug-likeness (QED) is 0.451. The van der Waals surface area contributed by atoms with Crippen LogP contribution in [-0.2, 0) is 0 Å². The van der Waals surface area contributed by atoms with Crippen molar-refractivity contribution in [1.29, 1.82) is 0 Å². The molecule has 1 aromatic carbocycles. The third-order valence-electron chi connectivity index (χ3n) is 1.44. The van der Waals surface area contributed by atoms with E-state index in [2.05, 4.69) is 0 Å². The Morgan fingerprint density at radius 1 is 1.58 bits per heavy atom. The van der Waals surface area contributed by atoms with Gasteiger partial charge < -0.3 is 0 Å². The first kappa shape index (κ1) is 9.37. The van der Waals surface area contributed by atoms with Gasteiger partial charge in [0, 0.05) is 0 Å². The molecule has 0 N–H and O–H groups in total. The molecule has 0 amide bonds. The first-order chi connectivity index (χ1) is 5.54. The SMILES string of the molecule is Cc1ccc(F)c([N+](=O)[O-])c1I. The summed E-state index contributed by atoms with van der Waals surface area (Å²) in [7, 11) is 0. The largest absolute Gasteiger partial charge is 0.318 e. The van der Waals surface area contributed by atoms with E-state index in [-0.39, 0.29) is 0 Å². The minimum Gasteiger partial charge on any atom is -0.258 e. The molecule has 0 aliphatic rings. The van der Waals surface area contributed by atoms with Gasteiger partial charge in [-0.15, -0.1) is 0 Å². The molecule has 0 saturated heterocycles. The molecule has 0 heterocycles. The molecule has 64 valence electrons. The van der Waals surface area contributed by atoms with Gasteiger partial charge in [0.25, 0.3) is 0 Å². The van der Waals surface area contributed by atoms with Gasteiger partial charge in [-0.2, -0.15) is 4.39 Å². The van der Waals surface area contributed by atoms with Gasteiger partial charge in [-0.25, -0.2) is 0 Å². The van der Waals surface area contributed by atoms with Crippen LogP contribution in [0.15, 0.2) is 12.1 Å². The Bertz CT molecular complexity index is 340. The van der Waals surface area contributed by atoms with Crippen molar-refractivity contribution in [1.82, 2.24) is 0 Å². The lowest BCUT2D eigenvalue weighted by Gasteiger charge is -1.99. The smallest absolute Gasteiger partial charge is 0.258 e. The van der Waals surface area contributed by atoms with Gasteiger partial charge in [-0.1, -0.05) is 6.07 Å². The highest BCUT2D eigenvalue weighted by atomic mass is 127. The third-order valence-corrected chi connectivity index (χ3v) is 2.80. The summed E-state index contributed by atoms with van der Waals surface area (Å²) < 4.78 is 13.2. The predicted octanol–water partition coefficient (Wildman–Crippen LogP) is 2.65. The number of nitro groups is 1. The van der Waals surface area contributed by atoms with Gasteiger partial charge in [-0.05, 0) is 41.1 Å². The number of hydrogen-bond acceptors (Lipinski definition) is 2. The maximum atomic E-state index is 12.8. The van der Waals surface area contributed by atoms with Crippen LogP contribution in [0.1, 0.15) is 5.56 Å². The Kier molecular flexibility index (Phi) is 2.61. The summed E-state index contributed by atoms with van der Waals surface area (Å²) in [6.45, 7) is 1.70. The fourth-order valence-electron chi connectivity index (χ4n) is 0.809. The molecule has 1 aromatic rings. The van der Waals surface area contributed by atoms with Crippen LogP contribution in [0.5, 0.6) is 0 Å². The Morgan fingerprint density at radius 3 is 2.58 bits per heavy atom. The lowest BCUT2D eigenvalue weighted by molar-refractivity contribution is -0.388. The second-order valence-electron chi connectivity index (χ2n) is 2.28. The highest BCUT2D eigenvalue weighted by Crippen LogP contribution is 2.26. The van der Waals surface area contributed by atoms with Crippen LogP contribution in [0.3, 0.4) is 0 Å². The van der Waals surface area contributed by atoms with Crippen LogP contribution in [0, 0.1) is 26.4 Å². The molecule has 0 unspecified atom stereocenters. The molecule has 3 nitrogen and oxygen atoms in total. The van der Waals surface area contributed by atoms with Gasteiger partial charge in [0.05, 0.1) is 8.49 Å². The van der Waals surface area contributed by atoms with Crippen LogP contribution in [0.2, 0.25) is 0 Å². The number of benzene rings is 1. The zero-order valence-electron chi connectivity index (χ0n) is 6.17. The first-order valence-corrected chi connectivity index (χ1v) is 4.21. The van der Waals surface area contributed by atoms with E-state index in [4.69, 9.17) is 0 Å². The summed E-state index contributed by atoms with van der Waals surface area (Å²) in [5.41, 5.74) is 0.277. The van der Waals surface area contributed by atoms with Crippen molar-refractivity contribution in [2.24, 2.45) is 0 Å². The zero-order valence-corrected chi connectivity index (χ0v) is 8.33. The van der Waals surface area contributed by atoms with Crippen LogP contribution >= 0.6 is 22.6 Å². The molecule has 0 spiro atoms. The lowest BCUT2D eigenvalue weighted by atomic mass is 10.2. The molecule has 1 rings (SSSR count). The van der Waals surface area contributed by atoms with Crippen molar-refractivity contribution in [3.05, 3.63) is 37.2 Å². The fourth-order valence-corrected chi connectivity index (χ4v) is 1.44. The van der Waals surface area contributed by atoms with Gasteiger partial charge in [-0.3, -0.25) is 10.1 Å². The van der Waals surface area contributed by atoms with Crippen LogP contribution < -0.4 is 0 Å². The highest BCUT2D eigenvalue weighted by Gasteiger charge is 2.19. The summed E-state index contributed by atoms with van der Waals surface area (Å²) >= 11 is 1.76. The minimum absolute atomic E-state index is 0.359. The average Bonchev–Trinajstić information content (AvgIpc) is 1.97. The molecule has 5 heteroatoms. The van der Waals surface area contributed by atoms with Crippen molar-refractivity contribution in [3.63, 3.8) is 0 Å². The fraction of sp³-hybridized carbons (Fsp3) is 0.143. The standard InChI is InChI=1S/C7H5FINO2/c1-4-2-3-5(8)7(6(4)9)10(11)12/h2-3H,1H3. The van der Waals surface area contributed by atoms with E-state index < -0.39 is 16.4 Å². The molecule has 0 radical (unpaired) electrons. The topological polar surface area (TPSA) is 43.1 Å². The summed E-state index contributed by atoms with van der Waals surface area (Å²) in [4.78, 5) is 9.65. The second kappa shape index (κ2) is 3.34. The maximum absolute atomic E-state index is 12.8. The number of rotatable bonds is 1. The minimum atomic E-state index is -0.782. The Morgan fingerprint density at radius 2 is 2.17 bits per heavy atom. The lowest BCUT2D eigenvalue weighted by Crippen LogP contribution is -1.97. The van der Waals surface area contributed by atoms with Gasteiger partial charge in [0.15, 0.2) is 0 Å². The van der Waals surface area contributed by atoms with Crippen molar-refractivity contribution in [2.45, 2.75) is 6.92 Å². The molecule has 0 aliphatic carbocycles. The molecule has 0 fully saturated rings. The van der Waals surface area contributed by atoms with E-state index in [0.717, 1.165) is 6.07 Å². The van der Waals surface area contributed by atoms with E-state index in [0.29, 0.717) is 9.13 Å². The van der Waals surface area contributed by atoms with Crippen molar-refractivity contribution >= 4 is 28.3 Å². The van der Waals surface area contributed by atoms with Crippen molar-refractivity contribution < 1.29 is 9.31 Å². The normalized spacial score (nSPS) is 9.92. The summed E-state index contributed by atoms with van der Waals surface area (Å²) in [6, 6.07) is 2.62. The first-order valence-electron chi connectivity index (χ1n) is 3.13. The third kappa shape index (κ3) is 1.55. The van der Waals surface area contributed by atoms with Crippen LogP contribution in [-0.4, -0.2) is 4.92 Å². The van der Waals surface area contributed by atoms with Crippen molar-refractivity contribution in [2.75, 3.05) is 0 Å². The van der Waals surface area contributed by atoms with E-state index in [9.17, 15) is 14.5 Å². The summed E-state index contributed by atoms with van der Waals surface area (Å²) in [5.74, 6) is -0.782. The van der Waals surface area contributed by atoms with E-state index in [1.54, 1.807) is 29.5 Å². The van der Waals surface area contributed by atoms with Crippen molar-refractivity contribution in [3.8, 4) is 0 Å². The van der Waals surface area contributed by atoms with E-state index in [1.165, 1.54) is 6.07 Å². The molecule has 12 heavy (non-hydrogen) atoms. The summed E-state index contributed by atoms with van der Waals surface area (Å²) in [6.07, 6.45) is 0. The molecule has 0 aliphatic heterocycles. The second-order valence-corrected chi connectivity index (χ2v) is 3.36. The number of hydrogen-bond donors (Lipinski definition) is 0. The van der Waals surface area contributed by atoms with Crippen LogP contribution in [0.4, 0.5) is 10.1 Å². The molecule has 0 saturated carbocycles. The number of aryl methyl sites for hydroxylation is 1. The Balaban J connectivity index is 3.43. The maximum Gasteiger partial charge on any atom is 0.318 e. The molecular weight excluding hydrogens is 276 g/mol. The number of nitrogens with zero attached hydrogens (tertiary/aromatic N) is 1. The Labute approximate surface area is 81.9 Å². The Hall–Kier alpha value is -0.720. The number of nitro benzene ring substituents is 1. The molecular formula is C7H5FINO2. The van der Waals surface area contributed by atoms with Gasteiger partial charge in [0.2, 0.25) is 5.82 Å². The average molecular weight is 281 g/mol. The summed E-state index contributed by atoms with van der Waals surface area (Å²) in [5, 5.41) is 10.4. The number of halogens is 2. The molecule has 0 bridgehead atoms. The predicted molar refractivity (Wildman–Crippen MR) is 50.5 cm³/mol. The zero-order chi connectivity index (χ0) is 9.30. The highest BCUT2D eigenvalue weighted by molar-refractivity contribution is 14.1. The molecule has 0 aromatic heterocycles.